The fourth-order valence-electron chi connectivity index (χ4n) is 4.01. The second-order valence-corrected chi connectivity index (χ2v) is 10.5. The van der Waals surface area contributed by atoms with Crippen molar-refractivity contribution in [2.45, 2.75) is 45.8 Å². The molecule has 196 valence electrons. The number of aromatic nitrogens is 3. The van der Waals surface area contributed by atoms with Crippen LogP contribution >= 0.6 is 11.6 Å². The number of hydrogen-bond donors (Lipinski definition) is 1. The van der Waals surface area contributed by atoms with Crippen LogP contribution in [0.2, 0.25) is 5.02 Å². The Kier molecular flexibility index (Phi) is 8.31. The first-order chi connectivity index (χ1) is 16.9. The molecule has 0 atom stereocenters. The fourth-order valence-corrected chi connectivity index (χ4v) is 5.24. The van der Waals surface area contributed by atoms with Crippen LogP contribution in [0, 0.1) is 6.92 Å². The third-order valence-corrected chi connectivity index (χ3v) is 7.48. The number of sulfonamides is 1. The maximum atomic E-state index is 12.8. The zero-order chi connectivity index (χ0) is 26.8. The molecule has 0 spiro atoms. The predicted molar refractivity (Wildman–Crippen MR) is 133 cm³/mol. The van der Waals surface area contributed by atoms with E-state index >= 15 is 0 Å². The summed E-state index contributed by atoms with van der Waals surface area (Å²) in [6, 6.07) is 3.99. The Morgan fingerprint density at radius 1 is 1.14 bits per heavy atom. The van der Waals surface area contributed by atoms with Crippen LogP contribution in [0.25, 0.3) is 11.0 Å². The van der Waals surface area contributed by atoms with E-state index in [2.05, 4.69) is 15.4 Å². The Bertz CT molecular complexity index is 1350. The topological polar surface area (TPSA) is 97.2 Å². The normalized spacial score (nSPS) is 15.4. The number of pyridine rings is 1. The summed E-state index contributed by atoms with van der Waals surface area (Å²) in [5.41, 5.74) is 0.452. The minimum atomic E-state index is -4.47. The van der Waals surface area contributed by atoms with E-state index in [-0.39, 0.29) is 22.3 Å². The summed E-state index contributed by atoms with van der Waals surface area (Å²) in [5, 5.41) is 7.70. The van der Waals surface area contributed by atoms with Crippen molar-refractivity contribution in [3.05, 3.63) is 52.3 Å². The monoisotopic (exact) mass is 545 g/mol. The maximum Gasteiger partial charge on any atom is 0.416 e. The van der Waals surface area contributed by atoms with E-state index in [1.165, 1.54) is 16.8 Å². The molecule has 36 heavy (non-hydrogen) atoms. The lowest BCUT2D eigenvalue weighted by Crippen LogP contribution is -2.38. The van der Waals surface area contributed by atoms with Crippen molar-refractivity contribution in [1.29, 1.82) is 0 Å². The highest BCUT2D eigenvalue weighted by Gasteiger charge is 2.31. The van der Waals surface area contributed by atoms with E-state index in [0.29, 0.717) is 42.7 Å². The van der Waals surface area contributed by atoms with Gasteiger partial charge in [-0.15, -0.1) is 0 Å². The number of anilines is 1. The summed E-state index contributed by atoms with van der Waals surface area (Å²) in [5.74, 6) is -0.618. The Labute approximate surface area is 212 Å². The van der Waals surface area contributed by atoms with Crippen molar-refractivity contribution >= 4 is 44.3 Å². The fraction of sp³-hybridized carbons (Fsp3) is 0.435. The molecule has 2 aromatic heterocycles. The van der Waals surface area contributed by atoms with Gasteiger partial charge in [0.1, 0.15) is 0 Å². The second kappa shape index (κ2) is 10.7. The molecule has 1 aliphatic rings. The second-order valence-electron chi connectivity index (χ2n) is 8.14. The Morgan fingerprint density at radius 3 is 2.25 bits per heavy atom. The molecule has 8 nitrogen and oxygen atoms in total. The van der Waals surface area contributed by atoms with Crippen LogP contribution in [-0.4, -0.2) is 52.7 Å². The smallest absolute Gasteiger partial charge is 0.322 e. The molecule has 0 saturated carbocycles. The molecule has 0 bridgehead atoms. The first-order valence-corrected chi connectivity index (χ1v) is 13.6. The molecule has 13 heteroatoms. The van der Waals surface area contributed by atoms with Crippen LogP contribution in [0.1, 0.15) is 54.3 Å². The van der Waals surface area contributed by atoms with Gasteiger partial charge in [-0.25, -0.2) is 22.4 Å². The van der Waals surface area contributed by atoms with Crippen LogP contribution in [0.4, 0.5) is 18.9 Å². The molecule has 1 amide bonds. The van der Waals surface area contributed by atoms with E-state index in [9.17, 15) is 26.4 Å². The number of alkyl halides is 3. The SMILES string of the molecule is CC.Cc1nn(C2CCN(S(C)(=O)=O)CC2)c2ncc(C(=O)Nc3ccc(C(F)(F)F)cc3)c(Cl)c12. The van der Waals surface area contributed by atoms with Gasteiger partial charge in [-0.2, -0.15) is 18.3 Å². The molecule has 0 radical (unpaired) electrons. The Hall–Kier alpha value is -2.70. The summed E-state index contributed by atoms with van der Waals surface area (Å²) in [4.78, 5) is 17.2. The Balaban J connectivity index is 0.00000176. The molecular formula is C23H27ClF3N5O3S. The van der Waals surface area contributed by atoms with Crippen molar-refractivity contribution in [1.82, 2.24) is 19.1 Å². The van der Waals surface area contributed by atoms with Gasteiger partial charge in [0, 0.05) is 25.0 Å². The number of rotatable bonds is 4. The maximum absolute atomic E-state index is 12.8. The van der Waals surface area contributed by atoms with Crippen molar-refractivity contribution in [3.8, 4) is 0 Å². The predicted octanol–water partition coefficient (Wildman–Crippen LogP) is 5.29. The number of nitrogens with one attached hydrogen (secondary N) is 1. The van der Waals surface area contributed by atoms with Crippen molar-refractivity contribution in [2.24, 2.45) is 0 Å². The van der Waals surface area contributed by atoms with Crippen LogP contribution in [0.3, 0.4) is 0 Å². The quantitative estimate of drug-likeness (QED) is 0.480. The van der Waals surface area contributed by atoms with Crippen LogP contribution < -0.4 is 5.32 Å². The minimum Gasteiger partial charge on any atom is -0.322 e. The zero-order valence-corrected chi connectivity index (χ0v) is 21.8. The molecule has 3 heterocycles. The lowest BCUT2D eigenvalue weighted by atomic mass is 10.1. The van der Waals surface area contributed by atoms with Crippen LogP contribution in [0.15, 0.2) is 30.5 Å². The summed E-state index contributed by atoms with van der Waals surface area (Å²) < 4.78 is 64.9. The average molecular weight is 546 g/mol. The highest BCUT2D eigenvalue weighted by Crippen LogP contribution is 2.34. The summed E-state index contributed by atoms with van der Waals surface area (Å²) >= 11 is 6.54. The van der Waals surface area contributed by atoms with Crippen molar-refractivity contribution in [3.63, 3.8) is 0 Å². The molecule has 0 aliphatic carbocycles. The van der Waals surface area contributed by atoms with E-state index < -0.39 is 27.7 Å². The number of carbonyl (C=O) groups is 1. The molecule has 1 aromatic carbocycles. The molecule has 4 rings (SSSR count). The van der Waals surface area contributed by atoms with Gasteiger partial charge in [-0.1, -0.05) is 25.4 Å². The molecule has 1 N–H and O–H groups in total. The van der Waals surface area contributed by atoms with Gasteiger partial charge in [0.2, 0.25) is 10.0 Å². The minimum absolute atomic E-state index is 0.0589. The first-order valence-electron chi connectivity index (χ1n) is 11.3. The van der Waals surface area contributed by atoms with E-state index in [0.717, 1.165) is 24.3 Å². The molecule has 3 aromatic rings. The number of aryl methyl sites for hydroxylation is 1. The average Bonchev–Trinajstić information content (AvgIpc) is 3.17. The van der Waals surface area contributed by atoms with Crippen LogP contribution in [-0.2, 0) is 16.2 Å². The van der Waals surface area contributed by atoms with Gasteiger partial charge in [-0.05, 0) is 44.0 Å². The highest BCUT2D eigenvalue weighted by molar-refractivity contribution is 7.88. The number of halogens is 4. The van der Waals surface area contributed by atoms with E-state index in [4.69, 9.17) is 11.6 Å². The van der Waals surface area contributed by atoms with E-state index in [1.807, 2.05) is 13.8 Å². The van der Waals surface area contributed by atoms with Gasteiger partial charge in [0.05, 0.1) is 39.5 Å². The lowest BCUT2D eigenvalue weighted by molar-refractivity contribution is -0.137. The van der Waals surface area contributed by atoms with E-state index in [1.54, 1.807) is 11.6 Å². The number of piperidine rings is 1. The largest absolute Gasteiger partial charge is 0.416 e. The summed E-state index contributed by atoms with van der Waals surface area (Å²) in [6.45, 7) is 6.46. The van der Waals surface area contributed by atoms with Gasteiger partial charge >= 0.3 is 6.18 Å². The highest BCUT2D eigenvalue weighted by atomic mass is 35.5. The third kappa shape index (κ3) is 5.81. The third-order valence-electron chi connectivity index (χ3n) is 5.79. The standard InChI is InChI=1S/C21H21ClF3N5O3S.C2H6/c1-12-17-18(22)16(20(31)27-14-5-3-13(4-6-14)21(23,24)25)11-26-19(17)30(28-12)15-7-9-29(10-8-15)34(2,32)33;1-2/h3-6,11,15H,7-10H2,1-2H3,(H,27,31);1-2H3. The number of carbonyl (C=O) groups excluding carboxylic acids is 1. The van der Waals surface area contributed by atoms with Gasteiger partial charge in [0.15, 0.2) is 5.65 Å². The molecular weight excluding hydrogens is 519 g/mol. The number of hydrogen-bond acceptors (Lipinski definition) is 5. The number of nitrogens with zero attached hydrogens (tertiary/aromatic N) is 4. The summed E-state index contributed by atoms with van der Waals surface area (Å²) in [7, 11) is -3.26. The van der Waals surface area contributed by atoms with Crippen LogP contribution in [0.5, 0.6) is 0 Å². The van der Waals surface area contributed by atoms with Gasteiger partial charge < -0.3 is 5.32 Å². The van der Waals surface area contributed by atoms with Gasteiger partial charge in [-0.3, -0.25) is 4.79 Å². The molecule has 1 saturated heterocycles. The lowest BCUT2D eigenvalue weighted by Gasteiger charge is -2.30. The van der Waals surface area contributed by atoms with Crippen molar-refractivity contribution < 1.29 is 26.4 Å². The van der Waals surface area contributed by atoms with Crippen molar-refractivity contribution in [2.75, 3.05) is 24.7 Å². The zero-order valence-electron chi connectivity index (χ0n) is 20.2. The first kappa shape index (κ1) is 27.9. The number of fused-ring (bicyclic) bond motifs is 1. The molecule has 1 aliphatic heterocycles. The number of amides is 1. The van der Waals surface area contributed by atoms with Gasteiger partial charge in [0.25, 0.3) is 5.91 Å². The number of benzene rings is 1. The Morgan fingerprint density at radius 2 is 1.72 bits per heavy atom. The summed E-state index contributed by atoms with van der Waals surface area (Å²) in [6.07, 6.45) is -0.885. The molecule has 1 fully saturated rings. The molecule has 0 unspecified atom stereocenters.